The van der Waals surface area contributed by atoms with Crippen molar-refractivity contribution >= 4 is 0 Å². The first kappa shape index (κ1) is 8.98. The Morgan fingerprint density at radius 1 is 1.38 bits per heavy atom. The van der Waals surface area contributed by atoms with Crippen LogP contribution in [-0.4, -0.2) is 36.7 Å². The van der Waals surface area contributed by atoms with E-state index in [1.165, 1.54) is 0 Å². The van der Waals surface area contributed by atoms with Crippen molar-refractivity contribution in [2.75, 3.05) is 20.3 Å². The molecule has 0 amide bonds. The molecule has 0 aromatic carbocycles. The highest BCUT2D eigenvalue weighted by molar-refractivity contribution is 5.19. The molecule has 0 aromatic rings. The van der Waals surface area contributed by atoms with Gasteiger partial charge in [0.15, 0.2) is 0 Å². The summed E-state index contributed by atoms with van der Waals surface area (Å²) in [4.78, 5) is 2.27. The second-order valence-electron chi connectivity index (χ2n) is 4.10. The van der Waals surface area contributed by atoms with Crippen LogP contribution in [0.2, 0.25) is 0 Å². The third-order valence-corrected chi connectivity index (χ3v) is 3.35. The molecule has 0 bridgehead atoms. The summed E-state index contributed by atoms with van der Waals surface area (Å²) in [5, 5.41) is 9.03. The molecule has 0 unspecified atom stereocenters. The van der Waals surface area contributed by atoms with Crippen molar-refractivity contribution < 1.29 is 4.74 Å². The number of rotatable bonds is 2. The zero-order valence-electron chi connectivity index (χ0n) is 8.12. The largest absolute Gasteiger partial charge is 0.381 e. The summed E-state index contributed by atoms with van der Waals surface area (Å²) in [6.45, 7) is 1.72. The fourth-order valence-electron chi connectivity index (χ4n) is 2.08. The van der Waals surface area contributed by atoms with Gasteiger partial charge in [-0.2, -0.15) is 5.26 Å². The molecule has 0 atom stereocenters. The highest BCUT2D eigenvalue weighted by atomic mass is 16.5. The summed E-state index contributed by atoms with van der Waals surface area (Å²) in [6, 6.07) is 3.00. The highest BCUT2D eigenvalue weighted by Gasteiger charge is 2.49. The van der Waals surface area contributed by atoms with Crippen LogP contribution in [0.3, 0.4) is 0 Å². The molecule has 2 aliphatic rings. The maximum Gasteiger partial charge on any atom is 0.109 e. The lowest BCUT2D eigenvalue weighted by Crippen LogP contribution is -2.44. The zero-order valence-corrected chi connectivity index (χ0v) is 8.12. The van der Waals surface area contributed by atoms with E-state index in [1.54, 1.807) is 0 Å². The highest BCUT2D eigenvalue weighted by Crippen LogP contribution is 2.42. The Balaban J connectivity index is 1.96. The van der Waals surface area contributed by atoms with E-state index >= 15 is 0 Å². The van der Waals surface area contributed by atoms with E-state index in [-0.39, 0.29) is 5.54 Å². The van der Waals surface area contributed by atoms with Crippen LogP contribution in [0.25, 0.3) is 0 Å². The van der Waals surface area contributed by atoms with Crippen LogP contribution in [0.4, 0.5) is 0 Å². The van der Waals surface area contributed by atoms with E-state index in [1.807, 2.05) is 0 Å². The number of hydrogen-bond donors (Lipinski definition) is 0. The quantitative estimate of drug-likeness (QED) is 0.639. The van der Waals surface area contributed by atoms with Crippen LogP contribution in [0.5, 0.6) is 0 Å². The standard InChI is InChI=1S/C10H16N2O/c1-12(10(8-11)4-5-10)9-2-6-13-7-3-9/h9H,2-7H2,1H3. The topological polar surface area (TPSA) is 36.3 Å². The molecule has 0 N–H and O–H groups in total. The van der Waals surface area contributed by atoms with Crippen LogP contribution < -0.4 is 0 Å². The molecule has 3 nitrogen and oxygen atoms in total. The minimum Gasteiger partial charge on any atom is -0.381 e. The summed E-state index contributed by atoms with van der Waals surface area (Å²) < 4.78 is 5.31. The molecule has 2 fully saturated rings. The van der Waals surface area contributed by atoms with Gasteiger partial charge in [-0.3, -0.25) is 4.90 Å². The van der Waals surface area contributed by atoms with Crippen molar-refractivity contribution in [1.82, 2.24) is 4.90 Å². The SMILES string of the molecule is CN(C1CCOCC1)C1(C#N)CC1. The van der Waals surface area contributed by atoms with Crippen LogP contribution in [-0.2, 0) is 4.74 Å². The van der Waals surface area contributed by atoms with E-state index in [9.17, 15) is 0 Å². The average Bonchev–Trinajstić information content (AvgIpc) is 2.99. The average molecular weight is 180 g/mol. The van der Waals surface area contributed by atoms with Crippen molar-refractivity contribution in [2.45, 2.75) is 37.3 Å². The van der Waals surface area contributed by atoms with E-state index in [2.05, 4.69) is 18.0 Å². The minimum atomic E-state index is -0.109. The summed E-state index contributed by atoms with van der Waals surface area (Å²) >= 11 is 0. The molecular weight excluding hydrogens is 164 g/mol. The van der Waals surface area contributed by atoms with Crippen LogP contribution in [0, 0.1) is 11.3 Å². The molecule has 72 valence electrons. The number of ether oxygens (including phenoxy) is 1. The summed E-state index contributed by atoms with van der Waals surface area (Å²) in [5.41, 5.74) is -0.109. The van der Waals surface area contributed by atoms with Gasteiger partial charge in [0.2, 0.25) is 0 Å². The Morgan fingerprint density at radius 2 is 2.00 bits per heavy atom. The lowest BCUT2D eigenvalue weighted by molar-refractivity contribution is 0.0322. The lowest BCUT2D eigenvalue weighted by Gasteiger charge is -2.34. The molecule has 13 heavy (non-hydrogen) atoms. The Bertz CT molecular complexity index is 224. The predicted molar refractivity (Wildman–Crippen MR) is 49.2 cm³/mol. The maximum atomic E-state index is 9.03. The summed E-state index contributed by atoms with van der Waals surface area (Å²) in [7, 11) is 2.09. The van der Waals surface area contributed by atoms with Crippen molar-refractivity contribution in [3.8, 4) is 6.07 Å². The molecule has 1 aliphatic carbocycles. The lowest BCUT2D eigenvalue weighted by atomic mass is 10.1. The molecule has 0 spiro atoms. The predicted octanol–water partition coefficient (Wildman–Crippen LogP) is 1.15. The maximum absolute atomic E-state index is 9.03. The van der Waals surface area contributed by atoms with Gasteiger partial charge in [-0.05, 0) is 32.7 Å². The first-order valence-electron chi connectivity index (χ1n) is 5.00. The molecule has 1 saturated carbocycles. The number of nitriles is 1. The molecular formula is C10H16N2O. The molecule has 1 heterocycles. The van der Waals surface area contributed by atoms with Gasteiger partial charge >= 0.3 is 0 Å². The zero-order chi connectivity index (χ0) is 9.31. The van der Waals surface area contributed by atoms with Gasteiger partial charge in [0.25, 0.3) is 0 Å². The van der Waals surface area contributed by atoms with Crippen molar-refractivity contribution in [1.29, 1.82) is 5.26 Å². The monoisotopic (exact) mass is 180 g/mol. The number of nitrogens with zero attached hydrogens (tertiary/aromatic N) is 2. The molecule has 2 rings (SSSR count). The van der Waals surface area contributed by atoms with Crippen LogP contribution in [0.15, 0.2) is 0 Å². The van der Waals surface area contributed by atoms with Gasteiger partial charge in [0.05, 0.1) is 6.07 Å². The van der Waals surface area contributed by atoms with E-state index in [0.717, 1.165) is 38.9 Å². The van der Waals surface area contributed by atoms with Gasteiger partial charge in [0, 0.05) is 19.3 Å². The van der Waals surface area contributed by atoms with Crippen molar-refractivity contribution in [2.24, 2.45) is 0 Å². The molecule has 3 heteroatoms. The Hall–Kier alpha value is -0.590. The van der Waals surface area contributed by atoms with Crippen molar-refractivity contribution in [3.63, 3.8) is 0 Å². The van der Waals surface area contributed by atoms with Crippen LogP contribution in [0.1, 0.15) is 25.7 Å². The fraction of sp³-hybridized carbons (Fsp3) is 0.900. The van der Waals surface area contributed by atoms with Gasteiger partial charge < -0.3 is 4.74 Å². The number of hydrogen-bond acceptors (Lipinski definition) is 3. The third kappa shape index (κ3) is 1.56. The summed E-state index contributed by atoms with van der Waals surface area (Å²) in [5.74, 6) is 0. The molecule has 0 radical (unpaired) electrons. The first-order valence-corrected chi connectivity index (χ1v) is 5.00. The normalized spacial score (nSPS) is 27.2. The molecule has 1 aliphatic heterocycles. The third-order valence-electron chi connectivity index (χ3n) is 3.35. The smallest absolute Gasteiger partial charge is 0.109 e. The van der Waals surface area contributed by atoms with Gasteiger partial charge in [-0.25, -0.2) is 0 Å². The van der Waals surface area contributed by atoms with E-state index in [4.69, 9.17) is 10.00 Å². The van der Waals surface area contributed by atoms with Crippen LogP contribution >= 0.6 is 0 Å². The molecule has 0 aromatic heterocycles. The summed E-state index contributed by atoms with van der Waals surface area (Å²) in [6.07, 6.45) is 4.27. The Morgan fingerprint density at radius 3 is 2.46 bits per heavy atom. The second kappa shape index (κ2) is 3.28. The van der Waals surface area contributed by atoms with E-state index < -0.39 is 0 Å². The van der Waals surface area contributed by atoms with E-state index in [0.29, 0.717) is 6.04 Å². The van der Waals surface area contributed by atoms with Gasteiger partial charge in [-0.15, -0.1) is 0 Å². The van der Waals surface area contributed by atoms with Gasteiger partial charge in [-0.1, -0.05) is 0 Å². The fourth-order valence-corrected chi connectivity index (χ4v) is 2.08. The van der Waals surface area contributed by atoms with Gasteiger partial charge in [0.1, 0.15) is 5.54 Å². The first-order chi connectivity index (χ1) is 6.28. The molecule has 1 saturated heterocycles. The second-order valence-corrected chi connectivity index (χ2v) is 4.10. The minimum absolute atomic E-state index is 0.109. The van der Waals surface area contributed by atoms with Crippen molar-refractivity contribution in [3.05, 3.63) is 0 Å². The Labute approximate surface area is 79.3 Å². The Kier molecular flexibility index (Phi) is 2.27.